The number of aliphatic imine (C=N–C) groups is 1. The van der Waals surface area contributed by atoms with E-state index in [1.54, 1.807) is 31.6 Å². The highest BCUT2D eigenvalue weighted by Gasteiger charge is 2.44. The monoisotopic (exact) mass is 382 g/mol. The average molecular weight is 382 g/mol. The Bertz CT molecular complexity index is 988. The van der Waals surface area contributed by atoms with Gasteiger partial charge in [-0.15, -0.1) is 11.3 Å². The lowest BCUT2D eigenvalue weighted by Crippen LogP contribution is -2.52. The molecule has 1 aromatic heterocycles. The maximum Gasteiger partial charge on any atom is 0.234 e. The Morgan fingerprint density at radius 3 is 2.70 bits per heavy atom. The first-order valence-electron chi connectivity index (χ1n) is 8.54. The van der Waals surface area contributed by atoms with Gasteiger partial charge in [0.25, 0.3) is 0 Å². The van der Waals surface area contributed by atoms with Crippen molar-refractivity contribution in [1.29, 1.82) is 5.26 Å². The molecule has 6 nitrogen and oxygen atoms in total. The number of carbonyl (C=O) groups is 1. The van der Waals surface area contributed by atoms with Crippen LogP contribution in [0.25, 0.3) is 11.1 Å². The molecule has 7 heteroatoms. The molecular formula is C20H22N4O2S. The second kappa shape index (κ2) is 6.71. The summed E-state index contributed by atoms with van der Waals surface area (Å²) in [6.45, 7) is 5.84. The number of rotatable bonds is 3. The van der Waals surface area contributed by atoms with Crippen LogP contribution in [-0.2, 0) is 10.3 Å². The van der Waals surface area contributed by atoms with E-state index in [9.17, 15) is 10.1 Å². The third-order valence-electron chi connectivity index (χ3n) is 5.23. The molecule has 1 aromatic carbocycles. The number of guanidine groups is 1. The third-order valence-corrected chi connectivity index (χ3v) is 6.51. The number of methoxy groups -OCH3 is 1. The Labute approximate surface area is 162 Å². The van der Waals surface area contributed by atoms with Crippen molar-refractivity contribution in [2.24, 2.45) is 16.6 Å². The molecule has 0 spiro atoms. The van der Waals surface area contributed by atoms with Gasteiger partial charge in [0, 0.05) is 16.8 Å². The Hall–Kier alpha value is -2.85. The van der Waals surface area contributed by atoms with Gasteiger partial charge in [-0.3, -0.25) is 9.69 Å². The van der Waals surface area contributed by atoms with Crippen molar-refractivity contribution in [2.45, 2.75) is 26.3 Å². The highest BCUT2D eigenvalue weighted by molar-refractivity contribution is 7.12. The van der Waals surface area contributed by atoms with E-state index in [2.05, 4.69) is 11.1 Å². The van der Waals surface area contributed by atoms with Gasteiger partial charge in [-0.05, 0) is 49.2 Å². The summed E-state index contributed by atoms with van der Waals surface area (Å²) < 4.78 is 5.32. The molecular weight excluding hydrogens is 360 g/mol. The quantitative estimate of drug-likeness (QED) is 0.882. The van der Waals surface area contributed by atoms with E-state index in [1.807, 2.05) is 39.0 Å². The first-order valence-corrected chi connectivity index (χ1v) is 9.36. The molecule has 2 heterocycles. The van der Waals surface area contributed by atoms with Gasteiger partial charge >= 0.3 is 0 Å². The summed E-state index contributed by atoms with van der Waals surface area (Å²) in [6, 6.07) is 9.66. The minimum absolute atomic E-state index is 0.0502. The molecule has 140 valence electrons. The molecule has 2 N–H and O–H groups in total. The summed E-state index contributed by atoms with van der Waals surface area (Å²) in [6.07, 6.45) is 0. The number of nitriles is 1. The van der Waals surface area contributed by atoms with E-state index in [4.69, 9.17) is 10.5 Å². The number of nitrogens with two attached hydrogens (primary N) is 1. The number of nitrogens with zero attached hydrogens (tertiary/aromatic N) is 3. The molecule has 2 aromatic rings. The molecule has 1 amide bonds. The zero-order valence-corrected chi connectivity index (χ0v) is 16.8. The standard InChI is InChI=1S/C20H22N4O2S/c1-11-18(25)24(4)19(22)23-20(11,3)17-9-16(12(2)27-17)14-6-13(10-21)7-15(8-14)26-5/h6-9,11H,1-5H3,(H2,22,23)/t11-,20+/m1/s1. The fourth-order valence-electron chi connectivity index (χ4n) is 3.28. The smallest absolute Gasteiger partial charge is 0.234 e. The fourth-order valence-corrected chi connectivity index (χ4v) is 4.50. The number of carbonyl (C=O) groups excluding carboxylic acids is 1. The second-order valence-corrected chi connectivity index (χ2v) is 8.14. The van der Waals surface area contributed by atoms with E-state index < -0.39 is 5.54 Å². The van der Waals surface area contributed by atoms with Gasteiger partial charge in [-0.2, -0.15) is 5.26 Å². The Balaban J connectivity index is 2.13. The van der Waals surface area contributed by atoms with Crippen LogP contribution >= 0.6 is 11.3 Å². The van der Waals surface area contributed by atoms with Gasteiger partial charge in [0.1, 0.15) is 11.3 Å². The molecule has 1 aliphatic rings. The summed E-state index contributed by atoms with van der Waals surface area (Å²) in [5, 5.41) is 9.29. The molecule has 2 atom stereocenters. The highest BCUT2D eigenvalue weighted by atomic mass is 32.1. The fraction of sp³-hybridized carbons (Fsp3) is 0.350. The number of benzene rings is 1. The maximum atomic E-state index is 12.6. The van der Waals surface area contributed by atoms with Gasteiger partial charge in [0.05, 0.1) is 24.7 Å². The van der Waals surface area contributed by atoms with E-state index in [0.29, 0.717) is 11.3 Å². The Kier molecular flexibility index (Phi) is 4.70. The third kappa shape index (κ3) is 3.06. The van der Waals surface area contributed by atoms with Crippen LogP contribution in [0.5, 0.6) is 5.75 Å². The lowest BCUT2D eigenvalue weighted by atomic mass is 9.83. The van der Waals surface area contributed by atoms with Gasteiger partial charge in [0.2, 0.25) is 5.91 Å². The number of aryl methyl sites for hydroxylation is 1. The van der Waals surface area contributed by atoms with E-state index in [-0.39, 0.29) is 17.8 Å². The summed E-state index contributed by atoms with van der Waals surface area (Å²) in [7, 11) is 3.22. The predicted octanol–water partition coefficient (Wildman–Crippen LogP) is 3.24. The molecule has 0 unspecified atom stereocenters. The van der Waals surface area contributed by atoms with Crippen LogP contribution in [0.3, 0.4) is 0 Å². The van der Waals surface area contributed by atoms with Crippen LogP contribution in [0.2, 0.25) is 0 Å². The van der Waals surface area contributed by atoms with Crippen molar-refractivity contribution < 1.29 is 9.53 Å². The molecule has 1 aliphatic heterocycles. The van der Waals surface area contributed by atoms with E-state index in [1.165, 1.54) is 4.90 Å². The number of hydrogen-bond acceptors (Lipinski definition) is 6. The summed E-state index contributed by atoms with van der Waals surface area (Å²) in [4.78, 5) is 20.7. The molecule has 0 radical (unpaired) electrons. The lowest BCUT2D eigenvalue weighted by molar-refractivity contribution is -0.133. The second-order valence-electron chi connectivity index (χ2n) is 6.88. The van der Waals surface area contributed by atoms with Crippen LogP contribution in [0, 0.1) is 24.2 Å². The van der Waals surface area contributed by atoms with Crippen molar-refractivity contribution in [3.8, 4) is 22.9 Å². The topological polar surface area (TPSA) is 91.7 Å². The number of ether oxygens (including phenoxy) is 1. The van der Waals surface area contributed by atoms with Crippen molar-refractivity contribution >= 4 is 23.2 Å². The van der Waals surface area contributed by atoms with E-state index >= 15 is 0 Å². The molecule has 0 fully saturated rings. The van der Waals surface area contributed by atoms with Crippen molar-refractivity contribution in [3.63, 3.8) is 0 Å². The molecule has 27 heavy (non-hydrogen) atoms. The van der Waals surface area contributed by atoms with Crippen LogP contribution in [-0.4, -0.2) is 30.9 Å². The lowest BCUT2D eigenvalue weighted by Gasteiger charge is -2.37. The molecule has 0 bridgehead atoms. The van der Waals surface area contributed by atoms with Crippen LogP contribution in [0.1, 0.15) is 29.2 Å². The Morgan fingerprint density at radius 2 is 2.07 bits per heavy atom. The van der Waals surface area contributed by atoms with Crippen LogP contribution in [0.4, 0.5) is 0 Å². The number of hydrogen-bond donors (Lipinski definition) is 1. The molecule has 0 aliphatic carbocycles. The predicted molar refractivity (Wildman–Crippen MR) is 107 cm³/mol. The minimum Gasteiger partial charge on any atom is -0.497 e. The largest absolute Gasteiger partial charge is 0.497 e. The van der Waals surface area contributed by atoms with E-state index in [0.717, 1.165) is 20.9 Å². The maximum absolute atomic E-state index is 12.6. The average Bonchev–Trinajstić information content (AvgIpc) is 3.06. The summed E-state index contributed by atoms with van der Waals surface area (Å²) in [5.74, 6) is 0.472. The number of amides is 1. The Morgan fingerprint density at radius 1 is 1.37 bits per heavy atom. The normalized spacial score (nSPS) is 22.4. The minimum atomic E-state index is -0.724. The van der Waals surface area contributed by atoms with Gasteiger partial charge < -0.3 is 10.5 Å². The zero-order valence-electron chi connectivity index (χ0n) is 16.0. The van der Waals surface area contributed by atoms with Crippen molar-refractivity contribution in [2.75, 3.05) is 14.2 Å². The number of thiophene rings is 1. The molecule has 3 rings (SSSR count). The van der Waals surface area contributed by atoms with Crippen molar-refractivity contribution in [3.05, 3.63) is 39.6 Å². The molecule has 0 saturated heterocycles. The van der Waals surface area contributed by atoms with Crippen LogP contribution < -0.4 is 10.5 Å². The zero-order chi connectivity index (χ0) is 19.9. The first-order chi connectivity index (χ1) is 12.7. The SMILES string of the molecule is COc1cc(C#N)cc(-c2cc([C@@]3(C)N=C(N)N(C)C(=O)[C@H]3C)sc2C)c1. The van der Waals surface area contributed by atoms with Gasteiger partial charge in [0.15, 0.2) is 5.96 Å². The van der Waals surface area contributed by atoms with Gasteiger partial charge in [-0.1, -0.05) is 6.92 Å². The molecule has 0 saturated carbocycles. The highest BCUT2D eigenvalue weighted by Crippen LogP contribution is 2.44. The summed E-state index contributed by atoms with van der Waals surface area (Å²) >= 11 is 1.59. The van der Waals surface area contributed by atoms with Gasteiger partial charge in [-0.25, -0.2) is 4.99 Å². The van der Waals surface area contributed by atoms with Crippen molar-refractivity contribution in [1.82, 2.24) is 4.90 Å². The van der Waals surface area contributed by atoms with Crippen LogP contribution in [0.15, 0.2) is 29.3 Å². The summed E-state index contributed by atoms with van der Waals surface area (Å²) in [5.41, 5.74) is 7.69. The first kappa shape index (κ1) is 18.9.